The van der Waals surface area contributed by atoms with Gasteiger partial charge in [0.15, 0.2) is 5.96 Å². The molecule has 0 aliphatic carbocycles. The van der Waals surface area contributed by atoms with Gasteiger partial charge in [-0.1, -0.05) is 6.42 Å². The average Bonchev–Trinajstić information content (AvgIpc) is 3.40. The number of aromatic amines is 1. The van der Waals surface area contributed by atoms with Crippen molar-refractivity contribution in [2.24, 2.45) is 27.9 Å². The lowest BCUT2D eigenvalue weighted by Gasteiger charge is -2.25. The summed E-state index contributed by atoms with van der Waals surface area (Å²) >= 11 is 0. The second kappa shape index (κ2) is 18.1. The van der Waals surface area contributed by atoms with Crippen LogP contribution in [0.2, 0.25) is 0 Å². The third kappa shape index (κ3) is 13.5. The van der Waals surface area contributed by atoms with Crippen LogP contribution in [-0.2, 0) is 30.4 Å². The number of rotatable bonds is 20. The van der Waals surface area contributed by atoms with Gasteiger partial charge in [-0.2, -0.15) is 0 Å². The molecule has 1 aromatic rings. The lowest BCUT2D eigenvalue weighted by atomic mass is 10.0. The van der Waals surface area contributed by atoms with Gasteiger partial charge < -0.3 is 54.1 Å². The van der Waals surface area contributed by atoms with Gasteiger partial charge >= 0.3 is 11.9 Å². The van der Waals surface area contributed by atoms with Crippen molar-refractivity contribution >= 4 is 35.6 Å². The molecule has 224 valence electrons. The molecule has 3 amide bonds. The Kier molecular flexibility index (Phi) is 15.3. The number of nitrogens with zero attached hydrogens (tertiary/aromatic N) is 2. The van der Waals surface area contributed by atoms with Gasteiger partial charge in [-0.3, -0.25) is 24.2 Å². The van der Waals surface area contributed by atoms with Gasteiger partial charge in [-0.05, 0) is 38.6 Å². The fraction of sp³-hybridized carbons (Fsp3) is 0.609. The van der Waals surface area contributed by atoms with E-state index in [4.69, 9.17) is 28.0 Å². The summed E-state index contributed by atoms with van der Waals surface area (Å²) in [6.07, 6.45) is 3.85. The molecule has 1 heterocycles. The number of nitrogens with one attached hydrogen (secondary N) is 4. The molecule has 17 heteroatoms. The lowest BCUT2D eigenvalue weighted by Crippen LogP contribution is -2.57. The van der Waals surface area contributed by atoms with Gasteiger partial charge in [-0.25, -0.2) is 9.78 Å². The van der Waals surface area contributed by atoms with E-state index in [0.717, 1.165) is 0 Å². The largest absolute Gasteiger partial charge is 0.481 e. The van der Waals surface area contributed by atoms with Crippen molar-refractivity contribution in [3.8, 4) is 0 Å². The van der Waals surface area contributed by atoms with Gasteiger partial charge in [0.05, 0.1) is 12.4 Å². The molecule has 0 saturated carbocycles. The summed E-state index contributed by atoms with van der Waals surface area (Å²) in [5.74, 6) is -4.99. The molecule has 1 rings (SSSR count). The average molecular weight is 569 g/mol. The van der Waals surface area contributed by atoms with Crippen LogP contribution in [0.25, 0.3) is 0 Å². The Labute approximate surface area is 230 Å². The zero-order valence-electron chi connectivity index (χ0n) is 22.2. The topological polar surface area (TPSA) is 307 Å². The van der Waals surface area contributed by atoms with Crippen LogP contribution in [0.3, 0.4) is 0 Å². The molecule has 0 aliphatic rings. The predicted molar refractivity (Wildman–Crippen MR) is 143 cm³/mol. The third-order valence-corrected chi connectivity index (χ3v) is 5.76. The van der Waals surface area contributed by atoms with E-state index in [1.807, 2.05) is 0 Å². The van der Waals surface area contributed by atoms with Crippen molar-refractivity contribution in [3.63, 3.8) is 0 Å². The lowest BCUT2D eigenvalue weighted by molar-refractivity contribution is -0.143. The number of nitrogens with two attached hydrogens (primary N) is 4. The first-order valence-corrected chi connectivity index (χ1v) is 12.8. The molecule has 0 saturated heterocycles. The number of hydrogen-bond acceptors (Lipinski definition) is 9. The molecule has 14 N–H and O–H groups in total. The second-order valence-corrected chi connectivity index (χ2v) is 9.07. The Morgan fingerprint density at radius 3 is 2.12 bits per heavy atom. The zero-order valence-corrected chi connectivity index (χ0v) is 22.2. The van der Waals surface area contributed by atoms with Crippen LogP contribution in [0.4, 0.5) is 0 Å². The Bertz CT molecular complexity index is 998. The number of carbonyl (C=O) groups is 5. The van der Waals surface area contributed by atoms with Gasteiger partial charge in [0.1, 0.15) is 18.1 Å². The van der Waals surface area contributed by atoms with Crippen molar-refractivity contribution in [2.75, 3.05) is 13.1 Å². The number of H-pyrrole nitrogens is 1. The van der Waals surface area contributed by atoms with Crippen LogP contribution in [0.1, 0.15) is 50.6 Å². The molecule has 40 heavy (non-hydrogen) atoms. The SMILES string of the molecule is NCCCCC(N)C(=O)NC(CCCN=C(N)N)C(=O)NC(Cc1cnc[nH]1)C(=O)NC(CCC(=O)O)C(=O)O. The molecule has 0 aliphatic heterocycles. The number of aliphatic carboxylic acids is 2. The van der Waals surface area contributed by atoms with Crippen LogP contribution < -0.4 is 38.9 Å². The summed E-state index contributed by atoms with van der Waals surface area (Å²) in [4.78, 5) is 72.1. The number of aliphatic imine (C=N–C) groups is 1. The fourth-order valence-corrected chi connectivity index (χ4v) is 3.59. The van der Waals surface area contributed by atoms with Crippen molar-refractivity contribution in [3.05, 3.63) is 18.2 Å². The first kappa shape index (κ1) is 33.8. The molecule has 1 aromatic heterocycles. The number of guanidine groups is 1. The maximum Gasteiger partial charge on any atom is 0.326 e. The number of aromatic nitrogens is 2. The van der Waals surface area contributed by atoms with Crippen molar-refractivity contribution < 1.29 is 34.2 Å². The molecule has 0 fully saturated rings. The van der Waals surface area contributed by atoms with Crippen LogP contribution in [0.5, 0.6) is 0 Å². The molecule has 0 radical (unpaired) electrons. The third-order valence-electron chi connectivity index (χ3n) is 5.76. The van der Waals surface area contributed by atoms with E-state index in [2.05, 4.69) is 30.9 Å². The van der Waals surface area contributed by atoms with Crippen LogP contribution >= 0.6 is 0 Å². The summed E-state index contributed by atoms with van der Waals surface area (Å²) in [6.45, 7) is 0.620. The van der Waals surface area contributed by atoms with E-state index in [-0.39, 0.29) is 31.8 Å². The minimum absolute atomic E-state index is 0.0959. The second-order valence-electron chi connectivity index (χ2n) is 9.07. The Morgan fingerprint density at radius 1 is 0.900 bits per heavy atom. The van der Waals surface area contributed by atoms with E-state index in [0.29, 0.717) is 37.9 Å². The van der Waals surface area contributed by atoms with E-state index >= 15 is 0 Å². The minimum Gasteiger partial charge on any atom is -0.481 e. The van der Waals surface area contributed by atoms with Gasteiger partial charge in [0, 0.05) is 31.3 Å². The molecular weight excluding hydrogens is 528 g/mol. The number of carboxylic acids is 2. The Balaban J connectivity index is 3.07. The van der Waals surface area contributed by atoms with Crippen molar-refractivity contribution in [2.45, 2.75) is 75.5 Å². The molecule has 0 bridgehead atoms. The molecule has 0 aromatic carbocycles. The highest BCUT2D eigenvalue weighted by Gasteiger charge is 2.31. The Morgan fingerprint density at radius 2 is 1.55 bits per heavy atom. The minimum atomic E-state index is -1.51. The van der Waals surface area contributed by atoms with Crippen LogP contribution in [-0.4, -0.2) is 93.1 Å². The molecule has 17 nitrogen and oxygen atoms in total. The number of carbonyl (C=O) groups excluding carboxylic acids is 3. The quantitative estimate of drug-likeness (QED) is 0.0424. The van der Waals surface area contributed by atoms with Gasteiger partial charge in [0.25, 0.3) is 0 Å². The fourth-order valence-electron chi connectivity index (χ4n) is 3.59. The highest BCUT2D eigenvalue weighted by Crippen LogP contribution is 2.07. The van der Waals surface area contributed by atoms with Crippen LogP contribution in [0.15, 0.2) is 17.5 Å². The first-order valence-electron chi connectivity index (χ1n) is 12.8. The van der Waals surface area contributed by atoms with E-state index < -0.39 is 60.2 Å². The molecular formula is C23H40N10O7. The smallest absolute Gasteiger partial charge is 0.326 e. The number of carboxylic acid groups (broad SMARTS) is 2. The standard InChI is InChI=1S/C23H40N10O7/c24-8-2-1-4-14(25)19(36)31-15(5-3-9-29-23(26)27)20(37)33-17(10-13-11-28-12-30-13)21(38)32-16(22(39)40)6-7-18(34)35/h11-12,14-17H,1-10,24-25H2,(H,28,30)(H,31,36)(H,32,38)(H,33,37)(H,34,35)(H,39,40)(H4,26,27,29). The van der Waals surface area contributed by atoms with E-state index in [9.17, 15) is 29.1 Å². The number of hydrogen-bond donors (Lipinski definition) is 10. The monoisotopic (exact) mass is 568 g/mol. The summed E-state index contributed by atoms with van der Waals surface area (Å²) in [6, 6.07) is -4.82. The summed E-state index contributed by atoms with van der Waals surface area (Å²) < 4.78 is 0. The maximum absolute atomic E-state index is 13.3. The van der Waals surface area contributed by atoms with Crippen molar-refractivity contribution in [1.29, 1.82) is 0 Å². The van der Waals surface area contributed by atoms with Gasteiger partial charge in [0.2, 0.25) is 17.7 Å². The number of amides is 3. The first-order chi connectivity index (χ1) is 18.9. The summed E-state index contributed by atoms with van der Waals surface area (Å²) in [5, 5.41) is 25.7. The highest BCUT2D eigenvalue weighted by molar-refractivity contribution is 5.94. The van der Waals surface area contributed by atoms with Crippen LogP contribution in [0, 0.1) is 0 Å². The normalized spacial score (nSPS) is 13.8. The van der Waals surface area contributed by atoms with E-state index in [1.165, 1.54) is 12.5 Å². The predicted octanol–water partition coefficient (Wildman–Crippen LogP) is -3.13. The Hall–Kier alpha value is -4.25. The summed E-state index contributed by atoms with van der Waals surface area (Å²) in [5.41, 5.74) is 22.6. The van der Waals surface area contributed by atoms with Gasteiger partial charge in [-0.15, -0.1) is 0 Å². The number of unbranched alkanes of at least 4 members (excludes halogenated alkanes) is 1. The molecule has 4 unspecified atom stereocenters. The zero-order chi connectivity index (χ0) is 30.1. The summed E-state index contributed by atoms with van der Waals surface area (Å²) in [7, 11) is 0. The van der Waals surface area contributed by atoms with E-state index in [1.54, 1.807) is 0 Å². The van der Waals surface area contributed by atoms with Crippen molar-refractivity contribution in [1.82, 2.24) is 25.9 Å². The maximum atomic E-state index is 13.3. The molecule has 4 atom stereocenters. The molecule has 0 spiro atoms. The number of imidazole rings is 1. The highest BCUT2D eigenvalue weighted by atomic mass is 16.4.